The second kappa shape index (κ2) is 4.60. The van der Waals surface area contributed by atoms with Gasteiger partial charge in [0.1, 0.15) is 5.58 Å². The van der Waals surface area contributed by atoms with Crippen LogP contribution in [0.3, 0.4) is 0 Å². The van der Waals surface area contributed by atoms with Crippen LogP contribution in [0.4, 0.5) is 0 Å². The lowest BCUT2D eigenvalue weighted by Gasteiger charge is -2.05. The van der Waals surface area contributed by atoms with Crippen molar-refractivity contribution >= 4 is 37.8 Å². The molecule has 0 radical (unpaired) electrons. The summed E-state index contributed by atoms with van der Waals surface area (Å²) in [4.78, 5) is 15.1. The Morgan fingerprint density at radius 1 is 0.952 bits per heavy atom. The van der Waals surface area contributed by atoms with E-state index in [4.69, 9.17) is 4.42 Å². The zero-order valence-electron chi connectivity index (χ0n) is 10.9. The Kier molecular flexibility index (Phi) is 2.72. The first kappa shape index (κ1) is 12.4. The third kappa shape index (κ3) is 1.99. The molecule has 0 aliphatic carbocycles. The van der Waals surface area contributed by atoms with Crippen LogP contribution in [-0.4, -0.2) is 4.98 Å². The first-order chi connectivity index (χ1) is 10.2. The first-order valence-corrected chi connectivity index (χ1v) is 7.31. The van der Waals surface area contributed by atoms with Gasteiger partial charge in [0.25, 0.3) is 0 Å². The number of rotatable bonds is 1. The molecule has 0 bridgehead atoms. The van der Waals surface area contributed by atoms with Crippen molar-refractivity contribution in [1.29, 1.82) is 0 Å². The Labute approximate surface area is 128 Å². The molecule has 0 amide bonds. The van der Waals surface area contributed by atoms with Gasteiger partial charge in [-0.15, -0.1) is 0 Å². The van der Waals surface area contributed by atoms with Crippen LogP contribution < -0.4 is 5.63 Å². The van der Waals surface area contributed by atoms with E-state index in [1.165, 1.54) is 0 Å². The Balaban J connectivity index is 2.14. The van der Waals surface area contributed by atoms with Crippen LogP contribution in [0.2, 0.25) is 0 Å². The first-order valence-electron chi connectivity index (χ1n) is 6.52. The van der Waals surface area contributed by atoms with Crippen molar-refractivity contribution in [2.24, 2.45) is 0 Å². The summed E-state index contributed by atoms with van der Waals surface area (Å²) in [6.45, 7) is 0. The second-order valence-electron chi connectivity index (χ2n) is 4.87. The molecule has 0 saturated carbocycles. The van der Waals surface area contributed by atoms with Crippen LogP contribution in [0.1, 0.15) is 0 Å². The Morgan fingerprint density at radius 3 is 2.71 bits per heavy atom. The smallest absolute Gasteiger partial charge is 0.336 e. The van der Waals surface area contributed by atoms with E-state index in [0.29, 0.717) is 5.58 Å². The molecular weight excluding hydrogens is 330 g/mol. The Hall–Kier alpha value is -2.33. The number of aromatic nitrogens is 1. The zero-order chi connectivity index (χ0) is 14.4. The molecule has 1 N–H and O–H groups in total. The number of H-pyrrole nitrogens is 1. The van der Waals surface area contributed by atoms with Gasteiger partial charge in [-0.25, -0.2) is 4.79 Å². The molecule has 0 spiro atoms. The number of hydrogen-bond acceptors (Lipinski definition) is 2. The number of nitrogens with one attached hydrogen (secondary N) is 1. The molecule has 0 aliphatic rings. The van der Waals surface area contributed by atoms with E-state index < -0.39 is 0 Å². The molecule has 4 rings (SSSR count). The molecule has 0 aliphatic heterocycles. The monoisotopic (exact) mass is 339 g/mol. The van der Waals surface area contributed by atoms with Crippen molar-refractivity contribution in [3.8, 4) is 11.1 Å². The Morgan fingerprint density at radius 2 is 1.81 bits per heavy atom. The minimum absolute atomic E-state index is 0.342. The molecular formula is C17H10BrNO2. The molecule has 2 heterocycles. The van der Waals surface area contributed by atoms with E-state index in [9.17, 15) is 4.79 Å². The molecule has 0 saturated heterocycles. The van der Waals surface area contributed by atoms with Crippen molar-refractivity contribution in [2.45, 2.75) is 0 Å². The molecule has 0 unspecified atom stereocenters. The number of benzene rings is 2. The molecule has 0 fully saturated rings. The fourth-order valence-electron chi connectivity index (χ4n) is 2.65. The number of aromatic amines is 1. The number of para-hydroxylation sites is 1. The summed E-state index contributed by atoms with van der Waals surface area (Å²) >= 11 is 3.47. The van der Waals surface area contributed by atoms with Crippen molar-refractivity contribution in [1.82, 2.24) is 4.98 Å². The van der Waals surface area contributed by atoms with Crippen LogP contribution in [0, 0.1) is 0 Å². The third-order valence-corrected chi connectivity index (χ3v) is 4.08. The van der Waals surface area contributed by atoms with E-state index in [1.807, 2.05) is 42.6 Å². The molecule has 3 nitrogen and oxygen atoms in total. The van der Waals surface area contributed by atoms with E-state index in [2.05, 4.69) is 20.9 Å². The predicted molar refractivity (Wildman–Crippen MR) is 87.5 cm³/mol. The summed E-state index contributed by atoms with van der Waals surface area (Å²) in [5, 5.41) is 2.00. The fourth-order valence-corrected chi connectivity index (χ4v) is 3.01. The van der Waals surface area contributed by atoms with Gasteiger partial charge in [0.15, 0.2) is 0 Å². The van der Waals surface area contributed by atoms with E-state index in [1.54, 1.807) is 12.1 Å². The van der Waals surface area contributed by atoms with E-state index in [0.717, 1.165) is 31.9 Å². The van der Waals surface area contributed by atoms with E-state index >= 15 is 0 Å². The van der Waals surface area contributed by atoms with Gasteiger partial charge in [0, 0.05) is 44.2 Å². The number of halogens is 1. The maximum Gasteiger partial charge on any atom is 0.336 e. The normalized spacial score (nSPS) is 11.3. The van der Waals surface area contributed by atoms with Gasteiger partial charge in [-0.05, 0) is 24.3 Å². The number of fused-ring (bicyclic) bond motifs is 2. The minimum atomic E-state index is -0.342. The van der Waals surface area contributed by atoms with Crippen molar-refractivity contribution in [3.05, 3.63) is 69.6 Å². The Bertz CT molecular complexity index is 1030. The highest BCUT2D eigenvalue weighted by atomic mass is 79.9. The van der Waals surface area contributed by atoms with Gasteiger partial charge in [0.2, 0.25) is 0 Å². The lowest BCUT2D eigenvalue weighted by atomic mass is 10.0. The maximum atomic E-state index is 11.8. The minimum Gasteiger partial charge on any atom is -0.423 e. The van der Waals surface area contributed by atoms with Crippen LogP contribution in [0.5, 0.6) is 0 Å². The molecule has 2 aromatic carbocycles. The fraction of sp³-hybridized carbons (Fsp3) is 0. The van der Waals surface area contributed by atoms with Gasteiger partial charge in [0.05, 0.1) is 0 Å². The summed E-state index contributed by atoms with van der Waals surface area (Å²) in [5.41, 5.74) is 3.17. The van der Waals surface area contributed by atoms with Crippen molar-refractivity contribution in [2.75, 3.05) is 0 Å². The average Bonchev–Trinajstić information content (AvgIpc) is 2.91. The molecule has 0 atom stereocenters. The third-order valence-electron chi connectivity index (χ3n) is 3.58. The van der Waals surface area contributed by atoms with Crippen LogP contribution >= 0.6 is 15.9 Å². The number of hydrogen-bond donors (Lipinski definition) is 1. The summed E-state index contributed by atoms with van der Waals surface area (Å²) < 4.78 is 6.23. The van der Waals surface area contributed by atoms with Crippen molar-refractivity contribution in [3.63, 3.8) is 0 Å². The van der Waals surface area contributed by atoms with E-state index in [-0.39, 0.29) is 5.63 Å². The molecule has 4 aromatic rings. The maximum absolute atomic E-state index is 11.8. The zero-order valence-corrected chi connectivity index (χ0v) is 12.5. The molecule has 2 aromatic heterocycles. The van der Waals surface area contributed by atoms with Crippen molar-refractivity contribution < 1.29 is 4.42 Å². The van der Waals surface area contributed by atoms with Crippen LogP contribution in [0.25, 0.3) is 33.0 Å². The topological polar surface area (TPSA) is 46.0 Å². The summed E-state index contributed by atoms with van der Waals surface area (Å²) in [7, 11) is 0. The molecule has 102 valence electrons. The SMILES string of the molecule is O=c1cc(-c2c[nH]c3ccccc23)c2cc(Br)ccc2o1. The van der Waals surface area contributed by atoms with Gasteiger partial charge in [-0.2, -0.15) is 0 Å². The quantitative estimate of drug-likeness (QED) is 0.510. The van der Waals surface area contributed by atoms with Gasteiger partial charge in [-0.1, -0.05) is 34.1 Å². The highest BCUT2D eigenvalue weighted by Crippen LogP contribution is 2.33. The van der Waals surface area contributed by atoms with Crippen LogP contribution in [-0.2, 0) is 0 Å². The lowest BCUT2D eigenvalue weighted by Crippen LogP contribution is -1.97. The van der Waals surface area contributed by atoms with Crippen LogP contribution in [0.15, 0.2) is 68.4 Å². The standard InChI is InChI=1S/C17H10BrNO2/c18-10-5-6-16-13(7-10)12(8-17(20)21-16)14-9-19-15-4-2-1-3-11(14)15/h1-9,19H. The summed E-state index contributed by atoms with van der Waals surface area (Å²) in [5.74, 6) is 0. The van der Waals surface area contributed by atoms with Gasteiger partial charge in [-0.3, -0.25) is 0 Å². The lowest BCUT2D eigenvalue weighted by molar-refractivity contribution is 0.561. The summed E-state index contributed by atoms with van der Waals surface area (Å²) in [6.07, 6.45) is 1.93. The average molecular weight is 340 g/mol. The highest BCUT2D eigenvalue weighted by Gasteiger charge is 2.12. The molecule has 4 heteroatoms. The second-order valence-corrected chi connectivity index (χ2v) is 5.78. The molecule has 21 heavy (non-hydrogen) atoms. The van der Waals surface area contributed by atoms with Gasteiger partial charge < -0.3 is 9.40 Å². The summed E-state index contributed by atoms with van der Waals surface area (Å²) in [6, 6.07) is 15.2. The largest absolute Gasteiger partial charge is 0.423 e. The predicted octanol–water partition coefficient (Wildman–Crippen LogP) is 4.70. The highest BCUT2D eigenvalue weighted by molar-refractivity contribution is 9.10. The van der Waals surface area contributed by atoms with Gasteiger partial charge >= 0.3 is 5.63 Å².